The Morgan fingerprint density at radius 2 is 1.88 bits per heavy atom. The average Bonchev–Trinajstić information content (AvgIpc) is 3.16. The van der Waals surface area contributed by atoms with Crippen LogP contribution in [0, 0.1) is 25.7 Å². The molecule has 0 aliphatic carbocycles. The maximum absolute atomic E-state index is 13.0. The molecule has 0 bridgehead atoms. The third-order valence-electron chi connectivity index (χ3n) is 5.65. The number of amides is 1. The van der Waals surface area contributed by atoms with Gasteiger partial charge in [-0.2, -0.15) is 0 Å². The molecule has 2 aliphatic rings. The lowest BCUT2D eigenvalue weighted by Crippen LogP contribution is -2.33. The lowest BCUT2D eigenvalue weighted by molar-refractivity contribution is 0.0751. The largest absolute Gasteiger partial charge is 0.337 e. The van der Waals surface area contributed by atoms with Gasteiger partial charge in [0.2, 0.25) is 0 Å². The molecule has 6 nitrogen and oxygen atoms in total. The fourth-order valence-corrected chi connectivity index (χ4v) is 4.10. The highest BCUT2D eigenvalue weighted by Crippen LogP contribution is 2.28. The standard InChI is InChI=1S/C19H25N5O/c1-13-4-3-5-17(10-13)24-14(2)18(21-22-24)19(25)23-8-6-15-11-20-12-16(15)7-9-23/h3-5,10,15-16,20H,6-9,11-12H2,1-2H3/t15-,16+. The maximum atomic E-state index is 13.0. The molecule has 2 fully saturated rings. The van der Waals surface area contributed by atoms with Gasteiger partial charge in [0.05, 0.1) is 11.4 Å². The Bertz CT molecular complexity index is 770. The van der Waals surface area contributed by atoms with Gasteiger partial charge in [-0.05, 0) is 69.3 Å². The van der Waals surface area contributed by atoms with Crippen LogP contribution >= 0.6 is 0 Å². The summed E-state index contributed by atoms with van der Waals surface area (Å²) in [6.45, 7) is 7.79. The molecule has 1 aromatic heterocycles. The minimum atomic E-state index is 0.0179. The molecule has 25 heavy (non-hydrogen) atoms. The highest BCUT2D eigenvalue weighted by molar-refractivity contribution is 5.93. The van der Waals surface area contributed by atoms with E-state index in [-0.39, 0.29) is 5.91 Å². The molecule has 0 radical (unpaired) electrons. The van der Waals surface area contributed by atoms with Gasteiger partial charge in [0, 0.05) is 13.1 Å². The number of nitrogens with zero attached hydrogens (tertiary/aromatic N) is 4. The smallest absolute Gasteiger partial charge is 0.276 e. The average molecular weight is 339 g/mol. The minimum absolute atomic E-state index is 0.0179. The highest BCUT2D eigenvalue weighted by atomic mass is 16.2. The van der Waals surface area contributed by atoms with Crippen molar-refractivity contribution in [3.63, 3.8) is 0 Å². The number of carbonyl (C=O) groups excluding carboxylic acids is 1. The Hall–Kier alpha value is -2.21. The number of aryl methyl sites for hydroxylation is 1. The van der Waals surface area contributed by atoms with Crippen LogP contribution in [-0.4, -0.2) is 52.0 Å². The SMILES string of the molecule is Cc1cccc(-n2nnc(C(=O)N3CC[C@@H]4CNC[C@@H]4CC3)c2C)c1. The number of hydrogen-bond donors (Lipinski definition) is 1. The van der Waals surface area contributed by atoms with Crippen LogP contribution in [0.2, 0.25) is 0 Å². The van der Waals surface area contributed by atoms with Gasteiger partial charge in [0.1, 0.15) is 0 Å². The van der Waals surface area contributed by atoms with E-state index >= 15 is 0 Å². The van der Waals surface area contributed by atoms with Gasteiger partial charge in [-0.1, -0.05) is 17.3 Å². The molecule has 2 atom stereocenters. The van der Waals surface area contributed by atoms with E-state index in [1.54, 1.807) is 4.68 Å². The predicted molar refractivity (Wildman–Crippen MR) is 95.8 cm³/mol. The molecular formula is C19H25N5O. The summed E-state index contributed by atoms with van der Waals surface area (Å²) in [7, 11) is 0. The monoisotopic (exact) mass is 339 g/mol. The Balaban J connectivity index is 1.55. The Morgan fingerprint density at radius 3 is 2.56 bits per heavy atom. The summed E-state index contributed by atoms with van der Waals surface area (Å²) in [6.07, 6.45) is 2.16. The zero-order valence-electron chi connectivity index (χ0n) is 14.9. The van der Waals surface area contributed by atoms with E-state index < -0.39 is 0 Å². The number of rotatable bonds is 2. The first kappa shape index (κ1) is 16.3. The number of likely N-dealkylation sites (tertiary alicyclic amines) is 1. The molecule has 0 spiro atoms. The Morgan fingerprint density at radius 1 is 1.16 bits per heavy atom. The number of fused-ring (bicyclic) bond motifs is 1. The number of hydrogen-bond acceptors (Lipinski definition) is 4. The quantitative estimate of drug-likeness (QED) is 0.908. The van der Waals surface area contributed by atoms with Crippen molar-refractivity contribution in [2.45, 2.75) is 26.7 Å². The van der Waals surface area contributed by atoms with E-state index in [4.69, 9.17) is 0 Å². The second-order valence-corrected chi connectivity index (χ2v) is 7.32. The third kappa shape index (κ3) is 3.06. The van der Waals surface area contributed by atoms with E-state index in [0.29, 0.717) is 17.5 Å². The van der Waals surface area contributed by atoms with E-state index in [1.165, 1.54) is 0 Å². The zero-order valence-corrected chi connectivity index (χ0v) is 14.9. The van der Waals surface area contributed by atoms with Gasteiger partial charge in [-0.25, -0.2) is 4.68 Å². The summed E-state index contributed by atoms with van der Waals surface area (Å²) >= 11 is 0. The summed E-state index contributed by atoms with van der Waals surface area (Å²) in [5.74, 6) is 1.44. The van der Waals surface area contributed by atoms with Gasteiger partial charge in [0.25, 0.3) is 5.91 Å². The van der Waals surface area contributed by atoms with Crippen LogP contribution in [0.5, 0.6) is 0 Å². The summed E-state index contributed by atoms with van der Waals surface area (Å²) in [5, 5.41) is 11.9. The molecule has 132 valence electrons. The molecular weight excluding hydrogens is 314 g/mol. The fraction of sp³-hybridized carbons (Fsp3) is 0.526. The van der Waals surface area contributed by atoms with Crippen LogP contribution in [0.3, 0.4) is 0 Å². The van der Waals surface area contributed by atoms with Gasteiger partial charge in [-0.15, -0.1) is 5.10 Å². The summed E-state index contributed by atoms with van der Waals surface area (Å²) in [5.41, 5.74) is 3.39. The van der Waals surface area contributed by atoms with Crippen LogP contribution in [0.25, 0.3) is 5.69 Å². The fourth-order valence-electron chi connectivity index (χ4n) is 4.10. The van der Waals surface area contributed by atoms with E-state index in [9.17, 15) is 4.79 Å². The summed E-state index contributed by atoms with van der Waals surface area (Å²) in [6, 6.07) is 8.08. The van der Waals surface area contributed by atoms with E-state index in [1.807, 2.05) is 36.9 Å². The first-order valence-electron chi connectivity index (χ1n) is 9.13. The van der Waals surface area contributed by atoms with Crippen molar-refractivity contribution >= 4 is 5.91 Å². The first-order chi connectivity index (χ1) is 12.1. The van der Waals surface area contributed by atoms with Crippen LogP contribution in [0.15, 0.2) is 24.3 Å². The second kappa shape index (κ2) is 6.59. The Labute approximate surface area is 148 Å². The summed E-state index contributed by atoms with van der Waals surface area (Å²) < 4.78 is 1.76. The molecule has 2 saturated heterocycles. The number of benzene rings is 1. The molecule has 1 aromatic carbocycles. The molecule has 3 heterocycles. The molecule has 1 amide bonds. The molecule has 0 unspecified atom stereocenters. The van der Waals surface area contributed by atoms with Gasteiger partial charge < -0.3 is 10.2 Å². The second-order valence-electron chi connectivity index (χ2n) is 7.32. The normalized spacial score (nSPS) is 23.4. The van der Waals surface area contributed by atoms with Crippen LogP contribution in [-0.2, 0) is 0 Å². The van der Waals surface area contributed by atoms with Gasteiger partial charge in [0.15, 0.2) is 5.69 Å². The van der Waals surface area contributed by atoms with Crippen molar-refractivity contribution in [1.29, 1.82) is 0 Å². The zero-order chi connectivity index (χ0) is 17.4. The molecule has 1 N–H and O–H groups in total. The van der Waals surface area contributed by atoms with Crippen molar-refractivity contribution < 1.29 is 4.79 Å². The maximum Gasteiger partial charge on any atom is 0.276 e. The molecule has 2 aromatic rings. The lowest BCUT2D eigenvalue weighted by atomic mass is 9.92. The molecule has 0 saturated carbocycles. The lowest BCUT2D eigenvalue weighted by Gasteiger charge is -2.20. The van der Waals surface area contributed by atoms with Crippen LogP contribution < -0.4 is 5.32 Å². The van der Waals surface area contributed by atoms with Crippen molar-refractivity contribution in [3.8, 4) is 5.69 Å². The highest BCUT2D eigenvalue weighted by Gasteiger charge is 2.32. The van der Waals surface area contributed by atoms with Gasteiger partial charge in [-0.3, -0.25) is 4.79 Å². The van der Waals surface area contributed by atoms with E-state index in [2.05, 4.69) is 21.7 Å². The Kier molecular flexibility index (Phi) is 4.29. The first-order valence-corrected chi connectivity index (χ1v) is 9.13. The minimum Gasteiger partial charge on any atom is -0.337 e. The topological polar surface area (TPSA) is 63.1 Å². The number of aromatic nitrogens is 3. The summed E-state index contributed by atoms with van der Waals surface area (Å²) in [4.78, 5) is 15.0. The van der Waals surface area contributed by atoms with Crippen molar-refractivity contribution in [2.75, 3.05) is 26.2 Å². The van der Waals surface area contributed by atoms with Crippen LogP contribution in [0.1, 0.15) is 34.6 Å². The van der Waals surface area contributed by atoms with Crippen molar-refractivity contribution in [3.05, 3.63) is 41.2 Å². The number of carbonyl (C=O) groups is 1. The van der Waals surface area contributed by atoms with Crippen molar-refractivity contribution in [1.82, 2.24) is 25.2 Å². The molecule has 4 rings (SSSR count). The predicted octanol–water partition coefficient (Wildman–Crippen LogP) is 1.96. The third-order valence-corrected chi connectivity index (χ3v) is 5.65. The van der Waals surface area contributed by atoms with Crippen molar-refractivity contribution in [2.24, 2.45) is 11.8 Å². The van der Waals surface area contributed by atoms with Gasteiger partial charge >= 0.3 is 0 Å². The molecule has 2 aliphatic heterocycles. The number of nitrogens with one attached hydrogen (secondary N) is 1. The molecule has 6 heteroatoms. The van der Waals surface area contributed by atoms with E-state index in [0.717, 1.165) is 56.0 Å². The van der Waals surface area contributed by atoms with Crippen LogP contribution in [0.4, 0.5) is 0 Å².